The lowest BCUT2D eigenvalue weighted by atomic mass is 10.2. The topological polar surface area (TPSA) is 91.6 Å². The minimum absolute atomic E-state index is 0.167. The van der Waals surface area contributed by atoms with Crippen LogP contribution >= 0.6 is 0 Å². The molecule has 104 valence electrons. The van der Waals surface area contributed by atoms with Crippen molar-refractivity contribution >= 4 is 17.7 Å². The third-order valence-corrected chi connectivity index (χ3v) is 2.71. The number of carboxylic acid groups (broad SMARTS) is 1. The van der Waals surface area contributed by atoms with Gasteiger partial charge in [-0.2, -0.15) is 0 Å². The van der Waals surface area contributed by atoms with Gasteiger partial charge in [0, 0.05) is 5.69 Å². The second-order valence-corrected chi connectivity index (χ2v) is 4.22. The minimum Gasteiger partial charge on any atom is -0.478 e. The van der Waals surface area contributed by atoms with Crippen molar-refractivity contribution in [2.75, 3.05) is 5.32 Å². The molecular formula is C14H14N2O4. The molecule has 1 atom stereocenters. The molecule has 0 aliphatic rings. The van der Waals surface area contributed by atoms with E-state index in [1.807, 2.05) is 0 Å². The number of rotatable bonds is 4. The Morgan fingerprint density at radius 2 is 1.90 bits per heavy atom. The van der Waals surface area contributed by atoms with E-state index in [9.17, 15) is 9.59 Å². The Balaban J connectivity index is 1.92. The first-order chi connectivity index (χ1) is 9.56. The second kappa shape index (κ2) is 5.92. The molecule has 0 radical (unpaired) electrons. The molecule has 0 fully saturated rings. The Morgan fingerprint density at radius 3 is 2.45 bits per heavy atom. The number of amides is 2. The van der Waals surface area contributed by atoms with Crippen molar-refractivity contribution in [3.05, 3.63) is 54.0 Å². The Morgan fingerprint density at radius 1 is 1.20 bits per heavy atom. The van der Waals surface area contributed by atoms with Gasteiger partial charge in [-0.15, -0.1) is 0 Å². The zero-order chi connectivity index (χ0) is 14.5. The third kappa shape index (κ3) is 3.38. The van der Waals surface area contributed by atoms with Crippen molar-refractivity contribution in [2.45, 2.75) is 13.0 Å². The molecule has 0 aliphatic carbocycles. The van der Waals surface area contributed by atoms with Gasteiger partial charge >= 0.3 is 12.0 Å². The fourth-order valence-electron chi connectivity index (χ4n) is 1.67. The maximum Gasteiger partial charge on any atom is 0.335 e. The zero-order valence-electron chi connectivity index (χ0n) is 10.8. The molecule has 6 nitrogen and oxygen atoms in total. The summed E-state index contributed by atoms with van der Waals surface area (Å²) in [5, 5.41) is 14.1. The van der Waals surface area contributed by atoms with Crippen molar-refractivity contribution in [3.63, 3.8) is 0 Å². The van der Waals surface area contributed by atoms with E-state index >= 15 is 0 Å². The highest BCUT2D eigenvalue weighted by Gasteiger charge is 2.11. The highest BCUT2D eigenvalue weighted by Crippen LogP contribution is 2.13. The van der Waals surface area contributed by atoms with Crippen LogP contribution in [0.4, 0.5) is 10.5 Å². The van der Waals surface area contributed by atoms with Gasteiger partial charge in [0.2, 0.25) is 0 Å². The lowest BCUT2D eigenvalue weighted by Gasteiger charge is -2.12. The molecule has 3 N–H and O–H groups in total. The van der Waals surface area contributed by atoms with Gasteiger partial charge in [-0.1, -0.05) is 0 Å². The summed E-state index contributed by atoms with van der Waals surface area (Å²) in [6.45, 7) is 1.80. The lowest BCUT2D eigenvalue weighted by molar-refractivity contribution is 0.0697. The van der Waals surface area contributed by atoms with Gasteiger partial charge < -0.3 is 20.2 Å². The molecule has 0 bridgehead atoms. The predicted molar refractivity (Wildman–Crippen MR) is 72.7 cm³/mol. The first-order valence-corrected chi connectivity index (χ1v) is 6.00. The number of hydrogen-bond acceptors (Lipinski definition) is 3. The van der Waals surface area contributed by atoms with Crippen LogP contribution in [0.1, 0.15) is 29.1 Å². The molecule has 0 spiro atoms. The molecule has 2 amide bonds. The fourth-order valence-corrected chi connectivity index (χ4v) is 1.67. The summed E-state index contributed by atoms with van der Waals surface area (Å²) >= 11 is 0. The van der Waals surface area contributed by atoms with Crippen LogP contribution in [-0.2, 0) is 0 Å². The molecule has 1 aromatic heterocycles. The summed E-state index contributed by atoms with van der Waals surface area (Å²) in [5.74, 6) is -0.353. The number of hydrogen-bond donors (Lipinski definition) is 3. The third-order valence-electron chi connectivity index (χ3n) is 2.71. The average Bonchev–Trinajstić information content (AvgIpc) is 2.93. The van der Waals surface area contributed by atoms with Gasteiger partial charge in [0.05, 0.1) is 17.9 Å². The number of carboxylic acids is 1. The van der Waals surface area contributed by atoms with E-state index in [4.69, 9.17) is 9.52 Å². The minimum atomic E-state index is -1.01. The number of aromatic carboxylic acids is 1. The SMILES string of the molecule is CC(NC(=O)Nc1ccc(C(=O)O)cc1)c1ccco1. The van der Waals surface area contributed by atoms with E-state index in [0.29, 0.717) is 11.4 Å². The number of carbonyl (C=O) groups is 2. The van der Waals surface area contributed by atoms with Gasteiger partial charge in [-0.25, -0.2) is 9.59 Å². The molecule has 1 aromatic carbocycles. The fraction of sp³-hybridized carbons (Fsp3) is 0.143. The van der Waals surface area contributed by atoms with E-state index in [1.54, 1.807) is 19.1 Å². The number of benzene rings is 1. The van der Waals surface area contributed by atoms with E-state index in [0.717, 1.165) is 0 Å². The number of nitrogens with one attached hydrogen (secondary N) is 2. The maximum absolute atomic E-state index is 11.8. The van der Waals surface area contributed by atoms with Gasteiger partial charge in [0.15, 0.2) is 0 Å². The Hall–Kier alpha value is -2.76. The summed E-state index contributed by atoms with van der Waals surface area (Å²) in [5.41, 5.74) is 0.680. The smallest absolute Gasteiger partial charge is 0.335 e. The van der Waals surface area contributed by atoms with Crippen molar-refractivity contribution in [2.24, 2.45) is 0 Å². The van der Waals surface area contributed by atoms with Crippen molar-refractivity contribution in [1.29, 1.82) is 0 Å². The summed E-state index contributed by atoms with van der Waals surface area (Å²) < 4.78 is 5.18. The number of furan rings is 1. The Kier molecular flexibility index (Phi) is 4.05. The van der Waals surface area contributed by atoms with Gasteiger partial charge in [0.1, 0.15) is 5.76 Å². The molecule has 6 heteroatoms. The molecule has 1 unspecified atom stereocenters. The van der Waals surface area contributed by atoms with E-state index in [2.05, 4.69) is 10.6 Å². The summed E-state index contributed by atoms with van der Waals surface area (Å²) in [6, 6.07) is 8.77. The van der Waals surface area contributed by atoms with Crippen LogP contribution < -0.4 is 10.6 Å². The van der Waals surface area contributed by atoms with Gasteiger partial charge in [0.25, 0.3) is 0 Å². The van der Waals surface area contributed by atoms with Crippen LogP contribution in [-0.4, -0.2) is 17.1 Å². The molecule has 1 heterocycles. The molecule has 20 heavy (non-hydrogen) atoms. The molecule has 0 aliphatic heterocycles. The average molecular weight is 274 g/mol. The number of urea groups is 1. The number of carbonyl (C=O) groups excluding carboxylic acids is 1. The number of anilines is 1. The monoisotopic (exact) mass is 274 g/mol. The van der Waals surface area contributed by atoms with E-state index in [-0.39, 0.29) is 11.6 Å². The quantitative estimate of drug-likeness (QED) is 0.799. The van der Waals surface area contributed by atoms with Crippen molar-refractivity contribution in [1.82, 2.24) is 5.32 Å². The summed E-state index contributed by atoms with van der Waals surface area (Å²) in [7, 11) is 0. The first kappa shape index (κ1) is 13.7. The van der Waals surface area contributed by atoms with Crippen LogP contribution in [0.25, 0.3) is 0 Å². The van der Waals surface area contributed by atoms with Crippen molar-refractivity contribution in [3.8, 4) is 0 Å². The van der Waals surface area contributed by atoms with Crippen LogP contribution in [0, 0.1) is 0 Å². The van der Waals surface area contributed by atoms with Crippen molar-refractivity contribution < 1.29 is 19.1 Å². The molecule has 2 aromatic rings. The van der Waals surface area contributed by atoms with Crippen LogP contribution in [0.5, 0.6) is 0 Å². The summed E-state index contributed by atoms with van der Waals surface area (Å²) in [6.07, 6.45) is 1.54. The van der Waals surface area contributed by atoms with Gasteiger partial charge in [-0.05, 0) is 43.3 Å². The van der Waals surface area contributed by atoms with Crippen LogP contribution in [0.15, 0.2) is 47.1 Å². The van der Waals surface area contributed by atoms with E-state index in [1.165, 1.54) is 30.5 Å². The Bertz CT molecular complexity index is 590. The second-order valence-electron chi connectivity index (χ2n) is 4.22. The largest absolute Gasteiger partial charge is 0.478 e. The highest BCUT2D eigenvalue weighted by molar-refractivity contribution is 5.91. The molecule has 0 saturated carbocycles. The molecular weight excluding hydrogens is 260 g/mol. The normalized spacial score (nSPS) is 11.7. The zero-order valence-corrected chi connectivity index (χ0v) is 10.8. The molecule has 2 rings (SSSR count). The first-order valence-electron chi connectivity index (χ1n) is 6.00. The van der Waals surface area contributed by atoms with Crippen LogP contribution in [0.2, 0.25) is 0 Å². The standard InChI is InChI=1S/C14H14N2O4/c1-9(12-3-2-8-20-12)15-14(19)16-11-6-4-10(5-7-11)13(17)18/h2-9H,1H3,(H,17,18)(H2,15,16,19). The predicted octanol–water partition coefficient (Wildman–Crippen LogP) is 2.86. The lowest BCUT2D eigenvalue weighted by Crippen LogP contribution is -2.30. The van der Waals surface area contributed by atoms with E-state index < -0.39 is 12.0 Å². The maximum atomic E-state index is 11.8. The van der Waals surface area contributed by atoms with Crippen LogP contribution in [0.3, 0.4) is 0 Å². The van der Waals surface area contributed by atoms with Gasteiger partial charge in [-0.3, -0.25) is 0 Å². The molecule has 0 saturated heterocycles. The summed E-state index contributed by atoms with van der Waals surface area (Å²) in [4.78, 5) is 22.5. The highest BCUT2D eigenvalue weighted by atomic mass is 16.4. The Labute approximate surface area is 115 Å².